The fraction of sp³-hybridized carbons (Fsp3) is 0.278. The largest absolute Gasteiger partial charge is 0.352 e. The lowest BCUT2D eigenvalue weighted by molar-refractivity contribution is -0.123. The molecule has 0 fully saturated rings. The summed E-state index contributed by atoms with van der Waals surface area (Å²) >= 11 is 0. The summed E-state index contributed by atoms with van der Waals surface area (Å²) in [6, 6.07) is 12.4. The molecule has 1 atom stereocenters. The van der Waals surface area contributed by atoms with E-state index in [2.05, 4.69) is 15.6 Å². The van der Waals surface area contributed by atoms with Gasteiger partial charge in [-0.1, -0.05) is 30.3 Å². The molecule has 1 aromatic carbocycles. The second-order valence-electron chi connectivity index (χ2n) is 5.62. The zero-order valence-electron chi connectivity index (χ0n) is 13.3. The topological polar surface area (TPSA) is 71.1 Å². The van der Waals surface area contributed by atoms with Gasteiger partial charge < -0.3 is 10.6 Å². The van der Waals surface area contributed by atoms with E-state index in [1.807, 2.05) is 44.2 Å². The van der Waals surface area contributed by atoms with Crippen molar-refractivity contribution in [3.8, 4) is 0 Å². The van der Waals surface area contributed by atoms with Crippen LogP contribution in [0.3, 0.4) is 0 Å². The van der Waals surface area contributed by atoms with Crippen LogP contribution in [0.5, 0.6) is 0 Å². The number of pyridine rings is 1. The van der Waals surface area contributed by atoms with Crippen molar-refractivity contribution in [1.82, 2.24) is 15.6 Å². The quantitative estimate of drug-likeness (QED) is 0.856. The average Bonchev–Trinajstić information content (AvgIpc) is 2.55. The number of rotatable bonds is 6. The summed E-state index contributed by atoms with van der Waals surface area (Å²) in [6.07, 6.45) is 3.52. The SMILES string of the molecule is CC(C)NC(=O)C(Cc1ccccc1)NC(=O)c1cccnc1. The lowest BCUT2D eigenvalue weighted by Gasteiger charge is -2.20. The maximum atomic E-state index is 12.4. The molecule has 0 aliphatic carbocycles. The Balaban J connectivity index is 2.12. The third-order valence-electron chi connectivity index (χ3n) is 3.26. The van der Waals surface area contributed by atoms with Gasteiger partial charge in [0.05, 0.1) is 5.56 Å². The Morgan fingerprint density at radius 2 is 1.78 bits per heavy atom. The molecule has 0 saturated heterocycles. The molecule has 2 rings (SSSR count). The highest BCUT2D eigenvalue weighted by Gasteiger charge is 2.22. The van der Waals surface area contributed by atoms with Gasteiger partial charge in [-0.2, -0.15) is 0 Å². The predicted octanol–water partition coefficient (Wildman–Crippen LogP) is 1.95. The number of amides is 2. The molecule has 23 heavy (non-hydrogen) atoms. The minimum atomic E-state index is -0.632. The normalized spacial score (nSPS) is 11.8. The van der Waals surface area contributed by atoms with Gasteiger partial charge in [-0.25, -0.2) is 0 Å². The van der Waals surface area contributed by atoms with E-state index >= 15 is 0 Å². The first-order valence-electron chi connectivity index (χ1n) is 7.61. The highest BCUT2D eigenvalue weighted by atomic mass is 16.2. The van der Waals surface area contributed by atoms with Crippen molar-refractivity contribution in [3.63, 3.8) is 0 Å². The Kier molecular flexibility index (Phi) is 5.86. The van der Waals surface area contributed by atoms with Gasteiger partial charge >= 0.3 is 0 Å². The highest BCUT2D eigenvalue weighted by molar-refractivity contribution is 5.97. The van der Waals surface area contributed by atoms with Crippen molar-refractivity contribution in [2.24, 2.45) is 0 Å². The van der Waals surface area contributed by atoms with E-state index in [0.29, 0.717) is 12.0 Å². The smallest absolute Gasteiger partial charge is 0.253 e. The molecular formula is C18H21N3O2. The summed E-state index contributed by atoms with van der Waals surface area (Å²) in [5.41, 5.74) is 1.42. The Bertz CT molecular complexity index is 642. The maximum Gasteiger partial charge on any atom is 0.253 e. The van der Waals surface area contributed by atoms with Crippen molar-refractivity contribution in [1.29, 1.82) is 0 Å². The van der Waals surface area contributed by atoms with Gasteiger partial charge in [0, 0.05) is 24.9 Å². The summed E-state index contributed by atoms with van der Waals surface area (Å²) in [7, 11) is 0. The first-order chi connectivity index (χ1) is 11.1. The van der Waals surface area contributed by atoms with Crippen LogP contribution in [0.15, 0.2) is 54.9 Å². The van der Waals surface area contributed by atoms with Crippen molar-refractivity contribution >= 4 is 11.8 Å². The predicted molar refractivity (Wildman–Crippen MR) is 88.9 cm³/mol. The molecule has 5 heteroatoms. The van der Waals surface area contributed by atoms with Crippen molar-refractivity contribution in [3.05, 3.63) is 66.0 Å². The van der Waals surface area contributed by atoms with Crippen LogP contribution < -0.4 is 10.6 Å². The summed E-state index contributed by atoms with van der Waals surface area (Å²) in [4.78, 5) is 28.6. The number of benzene rings is 1. The Hall–Kier alpha value is -2.69. The van der Waals surface area contributed by atoms with Gasteiger partial charge in [0.2, 0.25) is 5.91 Å². The number of nitrogens with one attached hydrogen (secondary N) is 2. The molecular weight excluding hydrogens is 290 g/mol. The van der Waals surface area contributed by atoms with Crippen LogP contribution in [0, 0.1) is 0 Å². The molecule has 120 valence electrons. The lowest BCUT2D eigenvalue weighted by Crippen LogP contribution is -2.49. The molecule has 0 radical (unpaired) electrons. The molecule has 5 nitrogen and oxygen atoms in total. The highest BCUT2D eigenvalue weighted by Crippen LogP contribution is 2.05. The summed E-state index contributed by atoms with van der Waals surface area (Å²) < 4.78 is 0. The molecule has 1 unspecified atom stereocenters. The molecule has 2 N–H and O–H groups in total. The van der Waals surface area contributed by atoms with Crippen LogP contribution in [0.2, 0.25) is 0 Å². The van der Waals surface area contributed by atoms with Gasteiger partial charge in [-0.15, -0.1) is 0 Å². The zero-order valence-corrected chi connectivity index (χ0v) is 13.3. The second-order valence-corrected chi connectivity index (χ2v) is 5.62. The molecule has 0 saturated carbocycles. The van der Waals surface area contributed by atoms with Gasteiger partial charge in [0.1, 0.15) is 6.04 Å². The number of hydrogen-bond acceptors (Lipinski definition) is 3. The van der Waals surface area contributed by atoms with E-state index in [1.165, 1.54) is 6.20 Å². The van der Waals surface area contributed by atoms with Gasteiger partial charge in [-0.3, -0.25) is 14.6 Å². The Morgan fingerprint density at radius 1 is 1.04 bits per heavy atom. The third-order valence-corrected chi connectivity index (χ3v) is 3.26. The Morgan fingerprint density at radius 3 is 2.39 bits per heavy atom. The molecule has 2 aromatic rings. The first kappa shape index (κ1) is 16.7. The number of hydrogen-bond donors (Lipinski definition) is 2. The van der Waals surface area contributed by atoms with E-state index in [-0.39, 0.29) is 17.9 Å². The number of aromatic nitrogens is 1. The fourth-order valence-corrected chi connectivity index (χ4v) is 2.18. The summed E-state index contributed by atoms with van der Waals surface area (Å²) in [6.45, 7) is 3.78. The first-order valence-corrected chi connectivity index (χ1v) is 7.61. The standard InChI is InChI=1S/C18H21N3O2/c1-13(2)20-18(23)16(11-14-7-4-3-5-8-14)21-17(22)15-9-6-10-19-12-15/h3-10,12-13,16H,11H2,1-2H3,(H,20,23)(H,21,22). The zero-order chi connectivity index (χ0) is 16.7. The Labute approximate surface area is 136 Å². The van der Waals surface area contributed by atoms with Crippen LogP contribution in [0.25, 0.3) is 0 Å². The van der Waals surface area contributed by atoms with Crippen LogP contribution >= 0.6 is 0 Å². The van der Waals surface area contributed by atoms with E-state index in [9.17, 15) is 9.59 Å². The average molecular weight is 311 g/mol. The van der Waals surface area contributed by atoms with E-state index in [0.717, 1.165) is 5.56 Å². The van der Waals surface area contributed by atoms with E-state index in [1.54, 1.807) is 18.3 Å². The molecule has 0 aliphatic heterocycles. The lowest BCUT2D eigenvalue weighted by atomic mass is 10.0. The number of nitrogens with zero attached hydrogens (tertiary/aromatic N) is 1. The molecule has 0 aliphatic rings. The summed E-state index contributed by atoms with van der Waals surface area (Å²) in [5.74, 6) is -0.501. The van der Waals surface area contributed by atoms with Crippen LogP contribution in [0.4, 0.5) is 0 Å². The van der Waals surface area contributed by atoms with E-state index in [4.69, 9.17) is 0 Å². The van der Waals surface area contributed by atoms with Gasteiger partial charge in [-0.05, 0) is 31.5 Å². The second kappa shape index (κ2) is 8.08. The number of carbonyl (C=O) groups is 2. The molecule has 1 heterocycles. The van der Waals surface area contributed by atoms with Gasteiger partial charge in [0.15, 0.2) is 0 Å². The third kappa shape index (κ3) is 5.21. The minimum absolute atomic E-state index is 0.0102. The van der Waals surface area contributed by atoms with Crippen molar-refractivity contribution in [2.75, 3.05) is 0 Å². The number of carbonyl (C=O) groups excluding carboxylic acids is 2. The van der Waals surface area contributed by atoms with Crippen molar-refractivity contribution in [2.45, 2.75) is 32.4 Å². The monoisotopic (exact) mass is 311 g/mol. The van der Waals surface area contributed by atoms with Crippen molar-refractivity contribution < 1.29 is 9.59 Å². The van der Waals surface area contributed by atoms with Crippen LogP contribution in [-0.4, -0.2) is 28.9 Å². The molecule has 1 aromatic heterocycles. The van der Waals surface area contributed by atoms with Crippen LogP contribution in [0.1, 0.15) is 29.8 Å². The molecule has 2 amide bonds. The van der Waals surface area contributed by atoms with E-state index < -0.39 is 6.04 Å². The summed E-state index contributed by atoms with van der Waals surface area (Å²) in [5, 5.41) is 5.65. The molecule has 0 spiro atoms. The minimum Gasteiger partial charge on any atom is -0.352 e. The maximum absolute atomic E-state index is 12.4. The molecule has 0 bridgehead atoms. The van der Waals surface area contributed by atoms with Gasteiger partial charge in [0.25, 0.3) is 5.91 Å². The van der Waals surface area contributed by atoms with Crippen LogP contribution in [-0.2, 0) is 11.2 Å². The fourth-order valence-electron chi connectivity index (χ4n) is 2.18.